The lowest BCUT2D eigenvalue weighted by Crippen LogP contribution is -2.07. The van der Waals surface area contributed by atoms with Gasteiger partial charge >= 0.3 is 0 Å². The Morgan fingerprint density at radius 2 is 2.21 bits per heavy atom. The highest BCUT2D eigenvalue weighted by atomic mass is 14.9. The third kappa shape index (κ3) is 5.60. The molecule has 0 fully saturated rings. The summed E-state index contributed by atoms with van der Waals surface area (Å²) in [6.45, 7) is 8.39. The molecule has 0 aromatic carbocycles. The molecule has 2 nitrogen and oxygen atoms in total. The summed E-state index contributed by atoms with van der Waals surface area (Å²) in [5.41, 5.74) is 2.82. The van der Waals surface area contributed by atoms with E-state index in [0.29, 0.717) is 0 Å². The van der Waals surface area contributed by atoms with Crippen molar-refractivity contribution in [1.29, 1.82) is 0 Å². The molecule has 0 atom stereocenters. The first-order chi connectivity index (χ1) is 6.78. The van der Waals surface area contributed by atoms with Crippen molar-refractivity contribution in [2.24, 2.45) is 0 Å². The minimum Gasteiger partial charge on any atom is -0.365 e. The minimum atomic E-state index is 1.07. The van der Waals surface area contributed by atoms with Crippen molar-refractivity contribution in [2.45, 2.75) is 26.7 Å². The SMILES string of the molecule is C/C=C1\CC(CCNC)=CN1.C=CC. The van der Waals surface area contributed by atoms with Crippen molar-refractivity contribution >= 4 is 0 Å². The highest BCUT2D eigenvalue weighted by Crippen LogP contribution is 2.17. The molecule has 0 aromatic heterocycles. The average molecular weight is 194 g/mol. The van der Waals surface area contributed by atoms with Gasteiger partial charge in [-0.1, -0.05) is 12.2 Å². The first-order valence-corrected chi connectivity index (χ1v) is 5.09. The summed E-state index contributed by atoms with van der Waals surface area (Å²) in [7, 11) is 1.99. The van der Waals surface area contributed by atoms with E-state index in [1.165, 1.54) is 11.3 Å². The molecule has 2 heteroatoms. The summed E-state index contributed by atoms with van der Waals surface area (Å²) in [6, 6.07) is 0. The lowest BCUT2D eigenvalue weighted by molar-refractivity contribution is 0.777. The second-order valence-corrected chi connectivity index (χ2v) is 3.20. The molecule has 0 amide bonds. The molecule has 1 aliphatic rings. The zero-order valence-electron chi connectivity index (χ0n) is 9.56. The van der Waals surface area contributed by atoms with Crippen LogP contribution < -0.4 is 10.6 Å². The summed E-state index contributed by atoms with van der Waals surface area (Å²) in [5.74, 6) is 0. The molecule has 1 aliphatic heterocycles. The molecule has 0 bridgehead atoms. The van der Waals surface area contributed by atoms with E-state index in [0.717, 1.165) is 19.4 Å². The number of hydrogen-bond donors (Lipinski definition) is 2. The Hall–Kier alpha value is -1.02. The molecular formula is C12H22N2. The van der Waals surface area contributed by atoms with E-state index in [4.69, 9.17) is 0 Å². The Bertz CT molecular complexity index is 214. The summed E-state index contributed by atoms with van der Waals surface area (Å²) in [5, 5.41) is 6.38. The molecule has 1 rings (SSSR count). The van der Waals surface area contributed by atoms with E-state index in [1.54, 1.807) is 6.08 Å². The number of rotatable bonds is 3. The zero-order chi connectivity index (χ0) is 10.8. The molecule has 0 saturated carbocycles. The van der Waals surface area contributed by atoms with Crippen molar-refractivity contribution in [3.63, 3.8) is 0 Å². The van der Waals surface area contributed by atoms with Crippen LogP contribution in [0.3, 0.4) is 0 Å². The van der Waals surface area contributed by atoms with Crippen LogP contribution in [0, 0.1) is 0 Å². The van der Waals surface area contributed by atoms with E-state index in [2.05, 4.69) is 36.4 Å². The molecule has 0 aromatic rings. The van der Waals surface area contributed by atoms with Gasteiger partial charge < -0.3 is 10.6 Å². The maximum atomic E-state index is 3.36. The lowest BCUT2D eigenvalue weighted by atomic mass is 10.1. The summed E-state index contributed by atoms with van der Waals surface area (Å²) >= 11 is 0. The van der Waals surface area contributed by atoms with Gasteiger partial charge in [-0.25, -0.2) is 0 Å². The maximum absolute atomic E-state index is 3.36. The first kappa shape index (κ1) is 13.0. The van der Waals surface area contributed by atoms with Crippen molar-refractivity contribution in [2.75, 3.05) is 13.6 Å². The van der Waals surface area contributed by atoms with Gasteiger partial charge in [-0.15, -0.1) is 6.58 Å². The van der Waals surface area contributed by atoms with E-state index in [9.17, 15) is 0 Å². The van der Waals surface area contributed by atoms with Crippen LogP contribution in [0.2, 0.25) is 0 Å². The quantitative estimate of drug-likeness (QED) is 0.675. The topological polar surface area (TPSA) is 24.1 Å². The Morgan fingerprint density at radius 1 is 1.57 bits per heavy atom. The van der Waals surface area contributed by atoms with Crippen molar-refractivity contribution < 1.29 is 0 Å². The van der Waals surface area contributed by atoms with Crippen LogP contribution in [0.25, 0.3) is 0 Å². The standard InChI is InChI=1S/C9H16N2.C3H6/c1-3-9-6-8(7-11-9)4-5-10-2;1-3-2/h3,7,10-11H,4-6H2,1-2H3;3H,1H2,2H3/b9-3+;. The predicted octanol–water partition coefficient (Wildman–Crippen LogP) is 2.57. The average Bonchev–Trinajstić information content (AvgIpc) is 2.63. The van der Waals surface area contributed by atoms with Crippen LogP contribution in [0.15, 0.2) is 36.2 Å². The smallest absolute Gasteiger partial charge is 0.0145 e. The lowest BCUT2D eigenvalue weighted by Gasteiger charge is -1.98. The van der Waals surface area contributed by atoms with E-state index < -0.39 is 0 Å². The highest BCUT2D eigenvalue weighted by molar-refractivity contribution is 5.22. The van der Waals surface area contributed by atoms with Crippen LogP contribution in [0.4, 0.5) is 0 Å². The Kier molecular flexibility index (Phi) is 7.95. The van der Waals surface area contributed by atoms with E-state index in [-0.39, 0.29) is 0 Å². The largest absolute Gasteiger partial charge is 0.365 e. The van der Waals surface area contributed by atoms with E-state index >= 15 is 0 Å². The van der Waals surface area contributed by atoms with Crippen LogP contribution in [-0.2, 0) is 0 Å². The predicted molar refractivity (Wildman–Crippen MR) is 64.0 cm³/mol. The molecule has 80 valence electrons. The van der Waals surface area contributed by atoms with Crippen LogP contribution in [0.1, 0.15) is 26.7 Å². The molecule has 0 spiro atoms. The van der Waals surface area contributed by atoms with Crippen LogP contribution in [0.5, 0.6) is 0 Å². The summed E-state index contributed by atoms with van der Waals surface area (Å²) < 4.78 is 0. The van der Waals surface area contributed by atoms with Crippen LogP contribution >= 0.6 is 0 Å². The van der Waals surface area contributed by atoms with Gasteiger partial charge in [0.2, 0.25) is 0 Å². The van der Waals surface area contributed by atoms with E-state index in [1.807, 2.05) is 14.0 Å². The molecule has 1 heterocycles. The summed E-state index contributed by atoms with van der Waals surface area (Å²) in [6.07, 6.45) is 8.26. The van der Waals surface area contributed by atoms with Crippen molar-refractivity contribution in [3.8, 4) is 0 Å². The molecular weight excluding hydrogens is 172 g/mol. The minimum absolute atomic E-state index is 1.07. The number of allylic oxidation sites excluding steroid dienone is 3. The van der Waals surface area contributed by atoms with Gasteiger partial charge in [-0.3, -0.25) is 0 Å². The number of nitrogens with one attached hydrogen (secondary N) is 2. The highest BCUT2D eigenvalue weighted by Gasteiger charge is 2.06. The fourth-order valence-corrected chi connectivity index (χ4v) is 1.17. The van der Waals surface area contributed by atoms with Gasteiger partial charge in [0.15, 0.2) is 0 Å². The first-order valence-electron chi connectivity index (χ1n) is 5.09. The third-order valence-electron chi connectivity index (χ3n) is 1.92. The maximum Gasteiger partial charge on any atom is 0.0145 e. The second-order valence-electron chi connectivity index (χ2n) is 3.20. The monoisotopic (exact) mass is 194 g/mol. The van der Waals surface area contributed by atoms with Gasteiger partial charge in [-0.2, -0.15) is 0 Å². The van der Waals surface area contributed by atoms with Gasteiger partial charge in [0.1, 0.15) is 0 Å². The van der Waals surface area contributed by atoms with Crippen molar-refractivity contribution in [1.82, 2.24) is 10.6 Å². The third-order valence-corrected chi connectivity index (χ3v) is 1.92. The fraction of sp³-hybridized carbons (Fsp3) is 0.500. The normalized spacial score (nSPS) is 16.8. The Labute approximate surface area is 87.8 Å². The van der Waals surface area contributed by atoms with Gasteiger partial charge in [0, 0.05) is 18.3 Å². The summed E-state index contributed by atoms with van der Waals surface area (Å²) in [4.78, 5) is 0. The molecule has 0 unspecified atom stereocenters. The Morgan fingerprint density at radius 3 is 2.64 bits per heavy atom. The second kappa shape index (κ2) is 8.57. The van der Waals surface area contributed by atoms with Crippen LogP contribution in [-0.4, -0.2) is 13.6 Å². The fourth-order valence-electron chi connectivity index (χ4n) is 1.17. The van der Waals surface area contributed by atoms with Gasteiger partial charge in [0.05, 0.1) is 0 Å². The number of hydrogen-bond acceptors (Lipinski definition) is 2. The van der Waals surface area contributed by atoms with Gasteiger partial charge in [-0.05, 0) is 39.4 Å². The Balaban J connectivity index is 0.000000500. The molecule has 0 saturated heterocycles. The molecule has 14 heavy (non-hydrogen) atoms. The zero-order valence-corrected chi connectivity index (χ0v) is 9.56. The van der Waals surface area contributed by atoms with Crippen molar-refractivity contribution in [3.05, 3.63) is 36.2 Å². The molecule has 2 N–H and O–H groups in total. The molecule has 0 aliphatic carbocycles. The van der Waals surface area contributed by atoms with Gasteiger partial charge in [0.25, 0.3) is 0 Å². The molecule has 0 radical (unpaired) electrons.